The number of amides is 2. The van der Waals surface area contributed by atoms with Gasteiger partial charge in [-0.25, -0.2) is 4.79 Å². The van der Waals surface area contributed by atoms with Crippen molar-refractivity contribution in [2.75, 3.05) is 12.3 Å². The standard InChI is InChI=1S/C10H15Cl2NO3S/c1-6(4-17)8(14)13(9(15)16)5-10(11,12)3-7(13)2/h6-7H,3-5H2,1-2H3,(H-,15,16,17)/p+1/t6?,7-,13?/m1/s1. The van der Waals surface area contributed by atoms with Crippen LogP contribution in [0, 0.1) is 5.92 Å². The number of hydrogen-bond donors (Lipinski definition) is 2. The van der Waals surface area contributed by atoms with Gasteiger partial charge in [0.2, 0.25) is 0 Å². The van der Waals surface area contributed by atoms with Crippen LogP contribution in [0.4, 0.5) is 4.79 Å². The quantitative estimate of drug-likeness (QED) is 0.468. The molecule has 0 radical (unpaired) electrons. The molecule has 1 rings (SSSR count). The Kier molecular flexibility index (Phi) is 4.40. The van der Waals surface area contributed by atoms with Gasteiger partial charge in [0.25, 0.3) is 0 Å². The SMILES string of the molecule is CC(CS)C(=O)[N+]1(C(=O)O)CC(Cl)(Cl)C[C@H]1C. The third-order valence-electron chi connectivity index (χ3n) is 3.26. The van der Waals surface area contributed by atoms with E-state index in [0.29, 0.717) is 5.75 Å². The van der Waals surface area contributed by atoms with Crippen molar-refractivity contribution < 1.29 is 19.2 Å². The summed E-state index contributed by atoms with van der Waals surface area (Å²) in [5, 5.41) is 9.39. The summed E-state index contributed by atoms with van der Waals surface area (Å²) >= 11 is 16.0. The van der Waals surface area contributed by atoms with Gasteiger partial charge in [-0.3, -0.25) is 0 Å². The number of thiol groups is 1. The number of nitrogens with zero attached hydrogens (tertiary/aromatic N) is 1. The van der Waals surface area contributed by atoms with Gasteiger partial charge >= 0.3 is 12.0 Å². The van der Waals surface area contributed by atoms with Gasteiger partial charge in [-0.15, -0.1) is 0 Å². The maximum Gasteiger partial charge on any atom is 0.521 e. The molecule has 0 spiro atoms. The van der Waals surface area contributed by atoms with Crippen LogP contribution >= 0.6 is 35.8 Å². The maximum absolute atomic E-state index is 12.3. The van der Waals surface area contributed by atoms with E-state index < -0.39 is 26.9 Å². The average molecular weight is 301 g/mol. The van der Waals surface area contributed by atoms with Gasteiger partial charge in [-0.1, -0.05) is 23.2 Å². The predicted molar refractivity (Wildman–Crippen MR) is 69.7 cm³/mol. The zero-order valence-electron chi connectivity index (χ0n) is 9.69. The van der Waals surface area contributed by atoms with Crippen molar-refractivity contribution in [2.24, 2.45) is 5.92 Å². The molecule has 7 heteroatoms. The molecule has 98 valence electrons. The van der Waals surface area contributed by atoms with Gasteiger partial charge in [-0.05, 0) is 13.8 Å². The average Bonchev–Trinajstić information content (AvgIpc) is 2.47. The first-order valence-corrected chi connectivity index (χ1v) is 6.70. The van der Waals surface area contributed by atoms with Gasteiger partial charge in [0.05, 0.1) is 5.92 Å². The highest BCUT2D eigenvalue weighted by Crippen LogP contribution is 2.42. The van der Waals surface area contributed by atoms with Crippen molar-refractivity contribution in [1.82, 2.24) is 0 Å². The third kappa shape index (κ3) is 2.57. The highest BCUT2D eigenvalue weighted by Gasteiger charge is 2.62. The van der Waals surface area contributed by atoms with Crippen LogP contribution in [0.2, 0.25) is 0 Å². The summed E-state index contributed by atoms with van der Waals surface area (Å²) in [5.74, 6) is -0.529. The summed E-state index contributed by atoms with van der Waals surface area (Å²) in [4.78, 5) is 23.8. The first-order chi connectivity index (χ1) is 7.67. The fourth-order valence-corrected chi connectivity index (χ4v) is 3.27. The van der Waals surface area contributed by atoms with Crippen LogP contribution in [0.5, 0.6) is 0 Å². The van der Waals surface area contributed by atoms with E-state index in [1.807, 2.05) is 0 Å². The molecule has 1 saturated heterocycles. The lowest BCUT2D eigenvalue weighted by Crippen LogP contribution is -2.61. The normalized spacial score (nSPS) is 33.4. The second-order valence-corrected chi connectivity index (χ2v) is 6.65. The molecule has 4 nitrogen and oxygen atoms in total. The molecule has 0 aromatic rings. The van der Waals surface area contributed by atoms with E-state index in [0.717, 1.165) is 0 Å². The molecule has 17 heavy (non-hydrogen) atoms. The van der Waals surface area contributed by atoms with E-state index >= 15 is 0 Å². The van der Waals surface area contributed by atoms with Crippen LogP contribution in [0.15, 0.2) is 0 Å². The van der Waals surface area contributed by atoms with E-state index in [1.54, 1.807) is 13.8 Å². The Morgan fingerprint density at radius 2 is 2.12 bits per heavy atom. The molecule has 1 fully saturated rings. The molecular weight excluding hydrogens is 285 g/mol. The number of likely N-dealkylation sites (tertiary alicyclic amines) is 1. The number of imide groups is 1. The van der Waals surface area contributed by atoms with Crippen molar-refractivity contribution in [3.05, 3.63) is 0 Å². The molecule has 0 saturated carbocycles. The lowest BCUT2D eigenvalue weighted by molar-refractivity contribution is -0.794. The Balaban J connectivity index is 3.16. The molecule has 0 aliphatic carbocycles. The lowest BCUT2D eigenvalue weighted by Gasteiger charge is -2.31. The topological polar surface area (TPSA) is 54.4 Å². The van der Waals surface area contributed by atoms with Crippen LogP contribution in [0.25, 0.3) is 0 Å². The summed E-state index contributed by atoms with van der Waals surface area (Å²) in [6, 6.07) is -0.433. The number of rotatable bonds is 2. The van der Waals surface area contributed by atoms with Crippen LogP contribution in [0.3, 0.4) is 0 Å². The van der Waals surface area contributed by atoms with Crippen molar-refractivity contribution in [1.29, 1.82) is 0 Å². The van der Waals surface area contributed by atoms with E-state index in [4.69, 9.17) is 23.2 Å². The van der Waals surface area contributed by atoms with Gasteiger partial charge in [-0.2, -0.15) is 21.9 Å². The van der Waals surface area contributed by atoms with Gasteiger partial charge < -0.3 is 5.11 Å². The second kappa shape index (κ2) is 4.96. The van der Waals surface area contributed by atoms with E-state index in [9.17, 15) is 14.7 Å². The lowest BCUT2D eigenvalue weighted by atomic mass is 10.1. The Morgan fingerprint density at radius 3 is 2.41 bits per heavy atom. The van der Waals surface area contributed by atoms with Crippen LogP contribution in [-0.4, -0.2) is 44.3 Å². The molecule has 1 aliphatic heterocycles. The largest absolute Gasteiger partial charge is 0.521 e. The molecule has 1 heterocycles. The Morgan fingerprint density at radius 1 is 1.59 bits per heavy atom. The molecule has 2 amide bonds. The summed E-state index contributed by atoms with van der Waals surface area (Å²) in [6.07, 6.45) is -0.910. The summed E-state index contributed by atoms with van der Waals surface area (Å²) in [5.41, 5.74) is 0. The molecule has 1 aliphatic rings. The highest BCUT2D eigenvalue weighted by molar-refractivity contribution is 7.80. The molecule has 0 aromatic carbocycles. The van der Waals surface area contributed by atoms with Crippen LogP contribution in [0.1, 0.15) is 20.3 Å². The summed E-state index contributed by atoms with van der Waals surface area (Å²) in [7, 11) is 0. The van der Waals surface area contributed by atoms with Gasteiger partial charge in [0.1, 0.15) is 12.6 Å². The minimum Gasteiger partial charge on any atom is -0.435 e. The minimum absolute atomic E-state index is 0.0937. The zero-order valence-corrected chi connectivity index (χ0v) is 12.1. The molecular formula is C10H16Cl2NO3S+. The summed E-state index contributed by atoms with van der Waals surface area (Å²) in [6.45, 7) is 3.25. The van der Waals surface area contributed by atoms with Crippen LogP contribution in [-0.2, 0) is 4.79 Å². The number of hydrogen-bond acceptors (Lipinski definition) is 3. The van der Waals surface area contributed by atoms with E-state index in [2.05, 4.69) is 12.6 Å². The van der Waals surface area contributed by atoms with Crippen LogP contribution < -0.4 is 0 Å². The smallest absolute Gasteiger partial charge is 0.435 e. The molecule has 0 aromatic heterocycles. The molecule has 1 N–H and O–H groups in total. The van der Waals surface area contributed by atoms with Crippen molar-refractivity contribution >= 4 is 47.8 Å². The second-order valence-electron chi connectivity index (χ2n) is 4.64. The van der Waals surface area contributed by atoms with E-state index in [-0.39, 0.29) is 18.9 Å². The number of carbonyl (C=O) groups is 2. The van der Waals surface area contributed by atoms with Gasteiger partial charge in [0, 0.05) is 12.2 Å². The number of quaternary nitrogens is 1. The third-order valence-corrected chi connectivity index (χ3v) is 4.35. The first kappa shape index (κ1) is 15.1. The van der Waals surface area contributed by atoms with Gasteiger partial charge in [0.15, 0.2) is 4.33 Å². The number of carboxylic acid groups (broad SMARTS) is 1. The fourth-order valence-electron chi connectivity index (χ4n) is 2.29. The van der Waals surface area contributed by atoms with Crippen molar-refractivity contribution in [3.8, 4) is 0 Å². The number of halogens is 2. The fraction of sp³-hybridized carbons (Fsp3) is 0.800. The molecule has 3 atom stereocenters. The molecule has 2 unspecified atom stereocenters. The molecule has 0 bridgehead atoms. The first-order valence-electron chi connectivity index (χ1n) is 5.31. The van der Waals surface area contributed by atoms with E-state index in [1.165, 1.54) is 0 Å². The van der Waals surface area contributed by atoms with Crippen molar-refractivity contribution in [2.45, 2.75) is 30.6 Å². The zero-order chi connectivity index (χ0) is 13.4. The highest BCUT2D eigenvalue weighted by atomic mass is 35.5. The predicted octanol–water partition coefficient (Wildman–Crippen LogP) is 2.54. The monoisotopic (exact) mass is 300 g/mol. The number of alkyl halides is 2. The number of carbonyl (C=O) groups excluding carboxylic acids is 1. The Bertz CT molecular complexity index is 350. The van der Waals surface area contributed by atoms with Crippen molar-refractivity contribution in [3.63, 3.8) is 0 Å². The Hall–Kier alpha value is 0.0300. The minimum atomic E-state index is -1.20. The Labute approximate surface area is 116 Å². The maximum atomic E-state index is 12.3. The summed E-state index contributed by atoms with van der Waals surface area (Å²) < 4.78 is -1.86.